The maximum atomic E-state index is 12.7. The van der Waals surface area contributed by atoms with E-state index in [1.165, 1.54) is 0 Å². The lowest BCUT2D eigenvalue weighted by Gasteiger charge is -2.18. The Hall–Kier alpha value is -3.58. The average Bonchev–Trinajstić information content (AvgIpc) is 3.28. The Kier molecular flexibility index (Phi) is 5.42. The van der Waals surface area contributed by atoms with Gasteiger partial charge < -0.3 is 19.7 Å². The van der Waals surface area contributed by atoms with Crippen molar-refractivity contribution in [3.8, 4) is 11.1 Å². The van der Waals surface area contributed by atoms with Crippen LogP contribution in [-0.4, -0.2) is 28.3 Å². The molecule has 3 aromatic carbocycles. The largest absolute Gasteiger partial charge is 0.479 e. The van der Waals surface area contributed by atoms with E-state index >= 15 is 0 Å². The molecule has 7 heteroatoms. The molecule has 5 rings (SSSR count). The number of hydrogen-bond acceptors (Lipinski definition) is 3. The fourth-order valence-corrected chi connectivity index (χ4v) is 5.52. The van der Waals surface area contributed by atoms with Crippen LogP contribution in [-0.2, 0) is 16.6 Å². The predicted octanol–water partition coefficient (Wildman–Crippen LogP) is 5.61. The molecule has 4 aromatic rings. The summed E-state index contributed by atoms with van der Waals surface area (Å²) in [5, 5.41) is 13.3. The first-order valence-electron chi connectivity index (χ1n) is 10.5. The molecule has 33 heavy (non-hydrogen) atoms. The zero-order valence-electron chi connectivity index (χ0n) is 17.8. The quantitative estimate of drug-likeness (QED) is 0.370. The van der Waals surface area contributed by atoms with Crippen molar-refractivity contribution in [2.45, 2.75) is 12.0 Å². The SMILES string of the molecule is Cn1c(C(NC(=O)OCC2c3ccccc3-c3ccccc32)C(=O)O)c(Br)c2ccccc21. The van der Waals surface area contributed by atoms with Gasteiger partial charge in [0.15, 0.2) is 6.04 Å². The van der Waals surface area contributed by atoms with E-state index in [4.69, 9.17) is 4.74 Å². The van der Waals surface area contributed by atoms with Crippen molar-refractivity contribution in [2.24, 2.45) is 7.05 Å². The first-order valence-corrected chi connectivity index (χ1v) is 11.3. The molecule has 1 heterocycles. The second-order valence-corrected chi connectivity index (χ2v) is 8.81. The van der Waals surface area contributed by atoms with E-state index in [0.717, 1.165) is 33.2 Å². The van der Waals surface area contributed by atoms with Crippen LogP contribution in [0, 0.1) is 0 Å². The molecule has 0 spiro atoms. The van der Waals surface area contributed by atoms with Gasteiger partial charge >= 0.3 is 12.1 Å². The maximum Gasteiger partial charge on any atom is 0.408 e. The Labute approximate surface area is 198 Å². The van der Waals surface area contributed by atoms with Gasteiger partial charge in [-0.1, -0.05) is 66.7 Å². The van der Waals surface area contributed by atoms with Gasteiger partial charge in [-0.2, -0.15) is 0 Å². The third-order valence-electron chi connectivity index (χ3n) is 6.21. The summed E-state index contributed by atoms with van der Waals surface area (Å²) in [4.78, 5) is 24.8. The van der Waals surface area contributed by atoms with Crippen molar-refractivity contribution in [2.75, 3.05) is 6.61 Å². The number of ether oxygens (including phenoxy) is 1. The minimum absolute atomic E-state index is 0.101. The number of carbonyl (C=O) groups excluding carboxylic acids is 1. The highest BCUT2D eigenvalue weighted by molar-refractivity contribution is 9.10. The second-order valence-electron chi connectivity index (χ2n) is 8.02. The van der Waals surface area contributed by atoms with Crippen molar-refractivity contribution in [3.63, 3.8) is 0 Å². The van der Waals surface area contributed by atoms with Gasteiger partial charge in [-0.15, -0.1) is 0 Å². The molecule has 1 unspecified atom stereocenters. The summed E-state index contributed by atoms with van der Waals surface area (Å²) < 4.78 is 7.95. The molecule has 1 aliphatic carbocycles. The van der Waals surface area contributed by atoms with Crippen LogP contribution in [0.2, 0.25) is 0 Å². The number of rotatable bonds is 5. The monoisotopic (exact) mass is 504 g/mol. The minimum atomic E-state index is -1.27. The number of hydrogen-bond donors (Lipinski definition) is 2. The van der Waals surface area contributed by atoms with E-state index in [9.17, 15) is 14.7 Å². The lowest BCUT2D eigenvalue weighted by molar-refractivity contribution is -0.139. The van der Waals surface area contributed by atoms with Crippen molar-refractivity contribution in [1.82, 2.24) is 9.88 Å². The van der Waals surface area contributed by atoms with E-state index in [1.54, 1.807) is 11.6 Å². The van der Waals surface area contributed by atoms with Crippen molar-refractivity contribution >= 4 is 38.9 Å². The Balaban J connectivity index is 1.37. The first kappa shape index (κ1) is 21.3. The van der Waals surface area contributed by atoms with Crippen LogP contribution < -0.4 is 5.32 Å². The number of carboxylic acid groups (broad SMARTS) is 1. The first-order chi connectivity index (χ1) is 16.0. The van der Waals surface area contributed by atoms with E-state index in [1.807, 2.05) is 60.7 Å². The lowest BCUT2D eigenvalue weighted by atomic mass is 9.98. The lowest BCUT2D eigenvalue weighted by Crippen LogP contribution is -2.36. The third kappa shape index (κ3) is 3.58. The highest BCUT2D eigenvalue weighted by Gasteiger charge is 2.32. The Morgan fingerprint density at radius 1 is 1.00 bits per heavy atom. The van der Waals surface area contributed by atoms with Crippen LogP contribution in [0.25, 0.3) is 22.0 Å². The van der Waals surface area contributed by atoms with Gasteiger partial charge in [0.25, 0.3) is 0 Å². The van der Waals surface area contributed by atoms with Crippen molar-refractivity contribution in [1.29, 1.82) is 0 Å². The molecule has 0 saturated carbocycles. The van der Waals surface area contributed by atoms with Crippen LogP contribution in [0.15, 0.2) is 77.3 Å². The number of aryl methyl sites for hydroxylation is 1. The van der Waals surface area contributed by atoms with Gasteiger partial charge in [0.05, 0.1) is 5.69 Å². The smallest absolute Gasteiger partial charge is 0.408 e. The highest BCUT2D eigenvalue weighted by Crippen LogP contribution is 2.44. The molecule has 6 nitrogen and oxygen atoms in total. The molecule has 0 bridgehead atoms. The molecule has 0 aliphatic heterocycles. The molecular weight excluding hydrogens is 484 g/mol. The number of nitrogens with one attached hydrogen (secondary N) is 1. The summed E-state index contributed by atoms with van der Waals surface area (Å²) in [6, 6.07) is 22.4. The van der Waals surface area contributed by atoms with Gasteiger partial charge in [0, 0.05) is 28.3 Å². The maximum absolute atomic E-state index is 12.7. The van der Waals surface area contributed by atoms with E-state index in [2.05, 4.69) is 33.4 Å². The number of benzene rings is 3. The van der Waals surface area contributed by atoms with Crippen LogP contribution in [0.4, 0.5) is 4.79 Å². The highest BCUT2D eigenvalue weighted by atomic mass is 79.9. The Morgan fingerprint density at radius 3 is 2.18 bits per heavy atom. The molecule has 1 atom stereocenters. The number of para-hydroxylation sites is 1. The molecule has 2 N–H and O–H groups in total. The third-order valence-corrected chi connectivity index (χ3v) is 7.05. The van der Waals surface area contributed by atoms with Crippen LogP contribution >= 0.6 is 15.9 Å². The average molecular weight is 505 g/mol. The number of carboxylic acids is 1. The molecule has 0 fully saturated rings. The summed E-state index contributed by atoms with van der Waals surface area (Å²) >= 11 is 3.51. The van der Waals surface area contributed by atoms with E-state index < -0.39 is 18.1 Å². The van der Waals surface area contributed by atoms with Gasteiger partial charge in [0.1, 0.15) is 6.61 Å². The molecule has 0 radical (unpaired) electrons. The normalized spacial score (nSPS) is 13.4. The Morgan fingerprint density at radius 2 is 1.58 bits per heavy atom. The van der Waals surface area contributed by atoms with Crippen molar-refractivity contribution in [3.05, 3.63) is 94.1 Å². The van der Waals surface area contributed by atoms with E-state index in [-0.39, 0.29) is 12.5 Å². The number of nitrogens with zero attached hydrogens (tertiary/aromatic N) is 1. The van der Waals surface area contributed by atoms with E-state index in [0.29, 0.717) is 10.2 Å². The Bertz CT molecular complexity index is 1310. The van der Waals surface area contributed by atoms with Crippen LogP contribution in [0.3, 0.4) is 0 Å². The summed E-state index contributed by atoms with van der Waals surface area (Å²) in [5.41, 5.74) is 5.75. The molecule has 1 aromatic heterocycles. The van der Waals surface area contributed by atoms with Gasteiger partial charge in [-0.25, -0.2) is 9.59 Å². The van der Waals surface area contributed by atoms with Crippen LogP contribution in [0.5, 0.6) is 0 Å². The summed E-state index contributed by atoms with van der Waals surface area (Å²) in [7, 11) is 1.78. The zero-order chi connectivity index (χ0) is 23.1. The summed E-state index contributed by atoms with van der Waals surface area (Å²) in [6.07, 6.45) is -0.776. The predicted molar refractivity (Wildman–Crippen MR) is 129 cm³/mol. The number of aromatic nitrogens is 1. The number of carbonyl (C=O) groups is 2. The van der Waals surface area contributed by atoms with Crippen molar-refractivity contribution < 1.29 is 19.4 Å². The standard InChI is InChI=1S/C26H21BrN2O4/c1-29-21-13-7-6-12-19(21)22(27)24(29)23(25(30)31)28-26(32)33-14-20-17-10-4-2-8-15(17)16-9-3-5-11-18(16)20/h2-13,20,23H,14H2,1H3,(H,28,32)(H,30,31). The number of halogens is 1. The number of amides is 1. The van der Waals surface area contributed by atoms with Gasteiger partial charge in [0.2, 0.25) is 0 Å². The second kappa shape index (κ2) is 8.41. The molecule has 1 amide bonds. The topological polar surface area (TPSA) is 80.6 Å². The molecule has 166 valence electrons. The fourth-order valence-electron chi connectivity index (χ4n) is 4.69. The fraction of sp³-hybridized carbons (Fsp3) is 0.154. The minimum Gasteiger partial charge on any atom is -0.479 e. The molecule has 1 aliphatic rings. The number of fused-ring (bicyclic) bond motifs is 4. The van der Waals surface area contributed by atoms with Crippen LogP contribution in [0.1, 0.15) is 28.8 Å². The summed E-state index contributed by atoms with van der Waals surface area (Å²) in [5.74, 6) is -1.27. The molecular formula is C26H21BrN2O4. The number of aliphatic carboxylic acids is 1. The summed E-state index contributed by atoms with van der Waals surface area (Å²) in [6.45, 7) is 0.114. The van der Waals surface area contributed by atoms with Gasteiger partial charge in [-0.05, 0) is 44.3 Å². The zero-order valence-corrected chi connectivity index (χ0v) is 19.4. The molecule has 0 saturated heterocycles. The number of alkyl carbamates (subject to hydrolysis) is 1. The van der Waals surface area contributed by atoms with Gasteiger partial charge in [-0.3, -0.25) is 0 Å².